The number of carbonyl (C=O) groups excluding carboxylic acids is 2. The molecule has 0 saturated heterocycles. The molecule has 0 fully saturated rings. The number of hydrogen-bond donors (Lipinski definition) is 4. The van der Waals surface area contributed by atoms with E-state index in [2.05, 4.69) is 26.6 Å². The van der Waals surface area contributed by atoms with Crippen LogP contribution in [0.25, 0.3) is 0 Å². The third-order valence-corrected chi connectivity index (χ3v) is 4.05. The minimum Gasteiger partial charge on any atom is -0.504 e. The average molecular weight is 407 g/mol. The van der Waals surface area contributed by atoms with E-state index in [0.717, 1.165) is 10.0 Å². The number of phenols is 2. The van der Waals surface area contributed by atoms with Crippen LogP contribution in [0.1, 0.15) is 22.3 Å². The van der Waals surface area contributed by atoms with Gasteiger partial charge >= 0.3 is 0 Å². The van der Waals surface area contributed by atoms with Gasteiger partial charge in [-0.1, -0.05) is 22.0 Å². The first-order valence-corrected chi connectivity index (χ1v) is 8.56. The van der Waals surface area contributed by atoms with Crippen molar-refractivity contribution in [1.29, 1.82) is 0 Å². The van der Waals surface area contributed by atoms with Crippen molar-refractivity contribution in [1.82, 2.24) is 10.6 Å². The van der Waals surface area contributed by atoms with Crippen LogP contribution in [0.4, 0.5) is 0 Å². The lowest BCUT2D eigenvalue weighted by Gasteiger charge is -2.08. The molecule has 0 spiro atoms. The van der Waals surface area contributed by atoms with E-state index >= 15 is 0 Å². The summed E-state index contributed by atoms with van der Waals surface area (Å²) in [5.74, 6) is -0.743. The summed E-state index contributed by atoms with van der Waals surface area (Å²) in [6.07, 6.45) is 0.716. The predicted octanol–water partition coefficient (Wildman–Crippen LogP) is 2.34. The second-order valence-electron chi connectivity index (χ2n) is 5.44. The molecular formula is C18H19BrN2O4. The van der Waals surface area contributed by atoms with Crippen LogP contribution in [0.3, 0.4) is 0 Å². The first-order chi connectivity index (χ1) is 12.0. The number of hydrogen-bond acceptors (Lipinski definition) is 4. The molecule has 0 aliphatic heterocycles. The Morgan fingerprint density at radius 1 is 0.920 bits per heavy atom. The largest absolute Gasteiger partial charge is 0.504 e. The monoisotopic (exact) mass is 406 g/mol. The van der Waals surface area contributed by atoms with Crippen molar-refractivity contribution in [2.45, 2.75) is 12.8 Å². The van der Waals surface area contributed by atoms with Gasteiger partial charge in [0.05, 0.1) is 0 Å². The van der Waals surface area contributed by atoms with Gasteiger partial charge in [0, 0.05) is 29.5 Å². The van der Waals surface area contributed by atoms with Gasteiger partial charge < -0.3 is 20.8 Å². The number of rotatable bonds is 7. The normalized spacial score (nSPS) is 10.3. The van der Waals surface area contributed by atoms with Crippen LogP contribution in [0.15, 0.2) is 46.9 Å². The molecule has 132 valence electrons. The Bertz CT molecular complexity index is 747. The Kier molecular flexibility index (Phi) is 6.82. The molecule has 0 saturated carbocycles. The summed E-state index contributed by atoms with van der Waals surface area (Å²) < 4.78 is 0.894. The van der Waals surface area contributed by atoms with Gasteiger partial charge in [0.1, 0.15) is 0 Å². The van der Waals surface area contributed by atoms with Crippen LogP contribution in [-0.4, -0.2) is 35.1 Å². The highest BCUT2D eigenvalue weighted by Gasteiger charge is 2.07. The summed E-state index contributed by atoms with van der Waals surface area (Å²) >= 11 is 3.30. The number of carbonyl (C=O) groups is 2. The molecular weight excluding hydrogens is 388 g/mol. The molecule has 25 heavy (non-hydrogen) atoms. The standard InChI is InChI=1S/C18H19BrN2O4/c19-14-4-2-13(3-5-14)18(25)21-10-8-17(24)20-9-7-12-1-6-15(22)16(23)11-12/h1-6,11,22-23H,7-10H2,(H,20,24)(H,21,25). The Morgan fingerprint density at radius 3 is 2.32 bits per heavy atom. The van der Waals surface area contributed by atoms with Crippen LogP contribution in [0.5, 0.6) is 11.5 Å². The third kappa shape index (κ3) is 6.11. The quantitative estimate of drug-likeness (QED) is 0.530. The lowest BCUT2D eigenvalue weighted by molar-refractivity contribution is -0.120. The maximum atomic E-state index is 11.9. The molecule has 0 unspecified atom stereocenters. The van der Waals surface area contributed by atoms with Gasteiger partial charge in [-0.2, -0.15) is 0 Å². The van der Waals surface area contributed by atoms with Crippen molar-refractivity contribution in [3.8, 4) is 11.5 Å². The third-order valence-electron chi connectivity index (χ3n) is 3.52. The van der Waals surface area contributed by atoms with E-state index in [4.69, 9.17) is 0 Å². The minimum absolute atomic E-state index is 0.167. The summed E-state index contributed by atoms with van der Waals surface area (Å²) in [5.41, 5.74) is 1.34. The smallest absolute Gasteiger partial charge is 0.251 e. The van der Waals surface area contributed by atoms with E-state index in [1.807, 2.05) is 0 Å². The topological polar surface area (TPSA) is 98.7 Å². The van der Waals surface area contributed by atoms with E-state index in [9.17, 15) is 19.8 Å². The molecule has 2 rings (SSSR count). The lowest BCUT2D eigenvalue weighted by atomic mass is 10.1. The number of benzene rings is 2. The molecule has 6 nitrogen and oxygen atoms in total. The Morgan fingerprint density at radius 2 is 1.64 bits per heavy atom. The van der Waals surface area contributed by atoms with Gasteiger partial charge in [-0.15, -0.1) is 0 Å². The van der Waals surface area contributed by atoms with Crippen molar-refractivity contribution in [3.63, 3.8) is 0 Å². The number of nitrogens with one attached hydrogen (secondary N) is 2. The molecule has 0 aromatic heterocycles. The molecule has 0 aliphatic rings. The maximum absolute atomic E-state index is 11.9. The molecule has 4 N–H and O–H groups in total. The van der Waals surface area contributed by atoms with Crippen molar-refractivity contribution >= 4 is 27.7 Å². The molecule has 7 heteroatoms. The lowest BCUT2D eigenvalue weighted by Crippen LogP contribution is -2.31. The van der Waals surface area contributed by atoms with Gasteiger partial charge in [-0.3, -0.25) is 9.59 Å². The van der Waals surface area contributed by atoms with Crippen LogP contribution >= 0.6 is 15.9 Å². The maximum Gasteiger partial charge on any atom is 0.251 e. The minimum atomic E-state index is -0.222. The fourth-order valence-corrected chi connectivity index (χ4v) is 2.42. The summed E-state index contributed by atoms with van der Waals surface area (Å²) in [7, 11) is 0. The molecule has 2 aromatic carbocycles. The Labute approximate surface area is 154 Å². The summed E-state index contributed by atoms with van der Waals surface area (Å²) in [6, 6.07) is 11.5. The number of halogens is 1. The van der Waals surface area contributed by atoms with E-state index < -0.39 is 0 Å². The highest BCUT2D eigenvalue weighted by atomic mass is 79.9. The van der Waals surface area contributed by atoms with Gasteiger partial charge in [-0.25, -0.2) is 0 Å². The second-order valence-corrected chi connectivity index (χ2v) is 6.35. The van der Waals surface area contributed by atoms with Crippen LogP contribution in [0, 0.1) is 0 Å². The summed E-state index contributed by atoms with van der Waals surface area (Å²) in [4.78, 5) is 23.7. The molecule has 0 heterocycles. The molecule has 0 bridgehead atoms. The Hall–Kier alpha value is -2.54. The number of amides is 2. The van der Waals surface area contributed by atoms with E-state index in [1.165, 1.54) is 12.1 Å². The highest BCUT2D eigenvalue weighted by Crippen LogP contribution is 2.24. The van der Waals surface area contributed by atoms with Crippen molar-refractivity contribution < 1.29 is 19.8 Å². The van der Waals surface area contributed by atoms with Gasteiger partial charge in [0.25, 0.3) is 5.91 Å². The fraction of sp³-hybridized carbons (Fsp3) is 0.222. The van der Waals surface area contributed by atoms with Crippen molar-refractivity contribution in [2.75, 3.05) is 13.1 Å². The molecule has 2 amide bonds. The van der Waals surface area contributed by atoms with Crippen molar-refractivity contribution in [3.05, 3.63) is 58.1 Å². The number of phenolic OH excluding ortho intramolecular Hbond substituents is 2. The zero-order valence-corrected chi connectivity index (χ0v) is 15.0. The summed E-state index contributed by atoms with van der Waals surface area (Å²) in [5, 5.41) is 24.1. The number of aromatic hydroxyl groups is 2. The SMILES string of the molecule is O=C(CCNC(=O)c1ccc(Br)cc1)NCCc1ccc(O)c(O)c1. The van der Waals surface area contributed by atoms with E-state index in [-0.39, 0.29) is 36.3 Å². The van der Waals surface area contributed by atoms with Gasteiger partial charge in [0.15, 0.2) is 11.5 Å². The first-order valence-electron chi connectivity index (χ1n) is 7.77. The summed E-state index contributed by atoms with van der Waals surface area (Å²) in [6.45, 7) is 0.657. The van der Waals surface area contributed by atoms with Crippen LogP contribution in [-0.2, 0) is 11.2 Å². The van der Waals surface area contributed by atoms with E-state index in [0.29, 0.717) is 18.5 Å². The highest BCUT2D eigenvalue weighted by molar-refractivity contribution is 9.10. The molecule has 0 atom stereocenters. The van der Waals surface area contributed by atoms with Gasteiger partial charge in [0.2, 0.25) is 5.91 Å². The predicted molar refractivity (Wildman–Crippen MR) is 97.6 cm³/mol. The van der Waals surface area contributed by atoms with Gasteiger partial charge in [-0.05, 0) is 48.4 Å². The second kappa shape index (κ2) is 9.08. The average Bonchev–Trinajstić information content (AvgIpc) is 2.58. The zero-order valence-electron chi connectivity index (χ0n) is 13.5. The first kappa shape index (κ1) is 18.8. The van der Waals surface area contributed by atoms with E-state index in [1.54, 1.807) is 30.3 Å². The van der Waals surface area contributed by atoms with Crippen molar-refractivity contribution in [2.24, 2.45) is 0 Å². The molecule has 0 aliphatic carbocycles. The zero-order chi connectivity index (χ0) is 18.2. The molecule has 0 radical (unpaired) electrons. The van der Waals surface area contributed by atoms with Crippen LogP contribution < -0.4 is 10.6 Å². The molecule has 2 aromatic rings. The fourth-order valence-electron chi connectivity index (χ4n) is 2.15. The Balaban J connectivity index is 1.66. The van der Waals surface area contributed by atoms with Crippen LogP contribution in [0.2, 0.25) is 0 Å².